The van der Waals surface area contributed by atoms with Gasteiger partial charge < -0.3 is 10.0 Å². The van der Waals surface area contributed by atoms with Crippen LogP contribution in [0.3, 0.4) is 0 Å². The summed E-state index contributed by atoms with van der Waals surface area (Å²) in [6, 6.07) is 22.4. The van der Waals surface area contributed by atoms with Gasteiger partial charge in [0, 0.05) is 30.2 Å². The fraction of sp³-hybridized carbons (Fsp3) is 0.290. The molecule has 40 heavy (non-hydrogen) atoms. The molecule has 2 N–H and O–H groups in total. The van der Waals surface area contributed by atoms with Crippen molar-refractivity contribution in [1.29, 1.82) is 0 Å². The summed E-state index contributed by atoms with van der Waals surface area (Å²) in [4.78, 5) is 17.8. The first-order chi connectivity index (χ1) is 19.3. The number of benzene rings is 3. The highest BCUT2D eigenvalue weighted by Gasteiger charge is 2.17. The van der Waals surface area contributed by atoms with Gasteiger partial charge in [0.1, 0.15) is 5.01 Å². The zero-order chi connectivity index (χ0) is 28.1. The van der Waals surface area contributed by atoms with Gasteiger partial charge in [-0.25, -0.2) is 22.9 Å². The average molecular weight is 576 g/mol. The topological polar surface area (TPSA) is 99.6 Å². The first kappa shape index (κ1) is 28.0. The minimum atomic E-state index is -3.79. The molecule has 208 valence electrons. The second-order valence-corrected chi connectivity index (χ2v) is 13.0. The van der Waals surface area contributed by atoms with Gasteiger partial charge in [0.2, 0.25) is 10.0 Å². The van der Waals surface area contributed by atoms with Gasteiger partial charge in [0.15, 0.2) is 0 Å². The van der Waals surface area contributed by atoms with Crippen LogP contribution in [-0.4, -0.2) is 31.5 Å². The molecule has 1 saturated carbocycles. The third-order valence-electron chi connectivity index (χ3n) is 7.46. The predicted molar refractivity (Wildman–Crippen MR) is 159 cm³/mol. The molecule has 0 unspecified atom stereocenters. The molecule has 0 amide bonds. The molecule has 0 saturated heterocycles. The van der Waals surface area contributed by atoms with E-state index in [-0.39, 0.29) is 17.0 Å². The van der Waals surface area contributed by atoms with E-state index in [9.17, 15) is 13.2 Å². The summed E-state index contributed by atoms with van der Waals surface area (Å²) in [5, 5.41) is 11.6. The molecule has 5 rings (SSSR count). The van der Waals surface area contributed by atoms with Crippen LogP contribution in [0.1, 0.15) is 64.5 Å². The molecule has 0 aliphatic heterocycles. The van der Waals surface area contributed by atoms with Crippen LogP contribution in [0.15, 0.2) is 83.1 Å². The molecule has 1 aliphatic carbocycles. The van der Waals surface area contributed by atoms with E-state index in [1.165, 1.54) is 78.8 Å². The van der Waals surface area contributed by atoms with Crippen LogP contribution in [0.2, 0.25) is 0 Å². The summed E-state index contributed by atoms with van der Waals surface area (Å²) in [5.74, 6) is -0.386. The van der Waals surface area contributed by atoms with Crippen molar-refractivity contribution in [3.05, 3.63) is 99.9 Å². The van der Waals surface area contributed by atoms with Crippen LogP contribution in [0.25, 0.3) is 11.3 Å². The SMILES string of the molecule is CN(Cc1ccc(C2CCCCC2)cc1)c1ccc(-c2csc(CNS(=O)(=O)c3ccc(C(=O)O)cc3)n2)cc1. The van der Waals surface area contributed by atoms with E-state index in [1.807, 2.05) is 17.5 Å². The highest BCUT2D eigenvalue weighted by molar-refractivity contribution is 7.89. The number of carboxylic acids is 1. The van der Waals surface area contributed by atoms with Crippen LogP contribution in [0, 0.1) is 0 Å². The Hall–Kier alpha value is -3.53. The first-order valence-electron chi connectivity index (χ1n) is 13.5. The maximum atomic E-state index is 12.6. The Balaban J connectivity index is 1.17. The van der Waals surface area contributed by atoms with Crippen LogP contribution in [-0.2, 0) is 23.1 Å². The zero-order valence-electron chi connectivity index (χ0n) is 22.4. The Morgan fingerprint density at radius 2 is 1.65 bits per heavy atom. The lowest BCUT2D eigenvalue weighted by Crippen LogP contribution is -2.23. The summed E-state index contributed by atoms with van der Waals surface area (Å²) >= 11 is 1.38. The first-order valence-corrected chi connectivity index (χ1v) is 15.8. The summed E-state index contributed by atoms with van der Waals surface area (Å²) in [6.07, 6.45) is 6.69. The van der Waals surface area contributed by atoms with E-state index < -0.39 is 16.0 Å². The third kappa shape index (κ3) is 6.78. The summed E-state index contributed by atoms with van der Waals surface area (Å²) in [7, 11) is -1.70. The molecule has 0 spiro atoms. The molecule has 4 aromatic rings. The number of hydrogen-bond acceptors (Lipinski definition) is 6. The fourth-order valence-electron chi connectivity index (χ4n) is 5.12. The average Bonchev–Trinajstić information content (AvgIpc) is 3.46. The normalized spacial score (nSPS) is 14.2. The number of nitrogens with zero attached hydrogens (tertiary/aromatic N) is 2. The van der Waals surface area contributed by atoms with Gasteiger partial charge in [0.25, 0.3) is 0 Å². The standard InChI is InChI=1S/C31H33N3O4S2/c1-34(20-22-7-9-24(10-8-22)23-5-3-2-4-6-23)27-15-11-25(12-16-27)29-21-39-30(33-29)19-32-40(37,38)28-17-13-26(14-18-28)31(35)36/h7-18,21,23,32H,2-6,19-20H2,1H3,(H,35,36). The molecule has 1 fully saturated rings. The highest BCUT2D eigenvalue weighted by Crippen LogP contribution is 2.33. The highest BCUT2D eigenvalue weighted by atomic mass is 32.2. The van der Waals surface area contributed by atoms with Crippen molar-refractivity contribution < 1.29 is 18.3 Å². The van der Waals surface area contributed by atoms with E-state index >= 15 is 0 Å². The number of aromatic carboxylic acids is 1. The minimum Gasteiger partial charge on any atom is -0.478 e. The lowest BCUT2D eigenvalue weighted by molar-refractivity contribution is 0.0696. The number of aromatic nitrogens is 1. The fourth-order valence-corrected chi connectivity index (χ4v) is 6.95. The Bertz CT molecular complexity index is 1540. The molecule has 1 heterocycles. The quantitative estimate of drug-likeness (QED) is 0.219. The summed E-state index contributed by atoms with van der Waals surface area (Å²) < 4.78 is 27.7. The molecule has 0 atom stereocenters. The molecule has 1 aliphatic rings. The van der Waals surface area contributed by atoms with Crippen LogP contribution in [0.4, 0.5) is 5.69 Å². The smallest absolute Gasteiger partial charge is 0.335 e. The minimum absolute atomic E-state index is 0.00848. The van der Waals surface area contributed by atoms with Gasteiger partial charge >= 0.3 is 5.97 Å². The molecule has 1 aromatic heterocycles. The number of hydrogen-bond donors (Lipinski definition) is 2. The van der Waals surface area contributed by atoms with Crippen molar-refractivity contribution in [3.8, 4) is 11.3 Å². The largest absolute Gasteiger partial charge is 0.478 e. The van der Waals surface area contributed by atoms with Crippen molar-refractivity contribution in [3.63, 3.8) is 0 Å². The number of rotatable bonds is 10. The van der Waals surface area contributed by atoms with Gasteiger partial charge in [-0.05, 0) is 66.3 Å². The van der Waals surface area contributed by atoms with Crippen LogP contribution >= 0.6 is 11.3 Å². The lowest BCUT2D eigenvalue weighted by atomic mass is 9.84. The van der Waals surface area contributed by atoms with Crippen molar-refractivity contribution >= 4 is 33.0 Å². The van der Waals surface area contributed by atoms with Gasteiger partial charge in [-0.1, -0.05) is 55.7 Å². The number of sulfonamides is 1. The number of thiazole rings is 1. The maximum absolute atomic E-state index is 12.6. The monoisotopic (exact) mass is 575 g/mol. The maximum Gasteiger partial charge on any atom is 0.335 e. The molecule has 0 bridgehead atoms. The van der Waals surface area contributed by atoms with Crippen molar-refractivity contribution in [1.82, 2.24) is 9.71 Å². The second kappa shape index (κ2) is 12.3. The lowest BCUT2D eigenvalue weighted by Gasteiger charge is -2.23. The Labute approximate surface area is 239 Å². The van der Waals surface area contributed by atoms with Crippen molar-refractivity contribution in [2.75, 3.05) is 11.9 Å². The predicted octanol–water partition coefficient (Wildman–Crippen LogP) is 6.67. The van der Waals surface area contributed by atoms with Crippen LogP contribution in [0.5, 0.6) is 0 Å². The Morgan fingerprint density at radius 1 is 0.975 bits per heavy atom. The number of carbonyl (C=O) groups is 1. The van der Waals surface area contributed by atoms with Crippen LogP contribution < -0.4 is 9.62 Å². The third-order valence-corrected chi connectivity index (χ3v) is 9.72. The zero-order valence-corrected chi connectivity index (χ0v) is 24.0. The van der Waals surface area contributed by atoms with Crippen molar-refractivity contribution in [2.24, 2.45) is 0 Å². The Kier molecular flexibility index (Phi) is 8.63. The molecular formula is C31H33N3O4S2. The van der Waals surface area contributed by atoms with E-state index in [2.05, 4.69) is 58.1 Å². The molecular weight excluding hydrogens is 542 g/mol. The van der Waals surface area contributed by atoms with E-state index in [1.54, 1.807) is 0 Å². The van der Waals surface area contributed by atoms with Gasteiger partial charge in [0.05, 0.1) is 22.7 Å². The summed E-state index contributed by atoms with van der Waals surface area (Å²) in [5.41, 5.74) is 5.65. The molecule has 7 nitrogen and oxygen atoms in total. The van der Waals surface area contributed by atoms with E-state index in [0.717, 1.165) is 29.4 Å². The van der Waals surface area contributed by atoms with Gasteiger partial charge in [-0.2, -0.15) is 0 Å². The second-order valence-electron chi connectivity index (χ2n) is 10.3. The number of anilines is 1. The van der Waals surface area contributed by atoms with Gasteiger partial charge in [-0.3, -0.25) is 0 Å². The van der Waals surface area contributed by atoms with Gasteiger partial charge in [-0.15, -0.1) is 11.3 Å². The number of carboxylic acid groups (broad SMARTS) is 1. The molecule has 3 aromatic carbocycles. The summed E-state index contributed by atoms with van der Waals surface area (Å²) in [6.45, 7) is 0.873. The van der Waals surface area contributed by atoms with Crippen molar-refractivity contribution in [2.45, 2.75) is 56.0 Å². The van der Waals surface area contributed by atoms with E-state index in [0.29, 0.717) is 5.01 Å². The number of nitrogens with one attached hydrogen (secondary N) is 1. The van der Waals surface area contributed by atoms with E-state index in [4.69, 9.17) is 5.11 Å². The molecule has 9 heteroatoms. The Morgan fingerprint density at radius 3 is 2.30 bits per heavy atom. The molecule has 0 radical (unpaired) electrons.